The van der Waals surface area contributed by atoms with Crippen molar-refractivity contribution in [3.8, 4) is 0 Å². The number of carbonyl (C=O) groups excluding carboxylic acids is 1. The highest BCUT2D eigenvalue weighted by Crippen LogP contribution is 2.20. The largest absolute Gasteiger partial charge is 0.458 e. The van der Waals surface area contributed by atoms with Crippen LogP contribution in [0.25, 0.3) is 6.08 Å². The van der Waals surface area contributed by atoms with E-state index in [4.69, 9.17) is 9.88 Å². The van der Waals surface area contributed by atoms with Gasteiger partial charge in [-0.25, -0.2) is 26.8 Å². The number of nitrogens with two attached hydrogens (primary N) is 1. The SMILES string of the molecule is NS(=O)(=O)c1cccc(NS(=O)(=O)c2ccc(/C=C/C(=O)OCc3cccc([N+](=O)[O-])c3)cc2)c1. The number of ether oxygens (including phenoxy) is 1. The lowest BCUT2D eigenvalue weighted by atomic mass is 10.2. The fraction of sp³-hybridized carbons (Fsp3) is 0.0455. The van der Waals surface area contributed by atoms with E-state index in [1.807, 2.05) is 0 Å². The van der Waals surface area contributed by atoms with Crippen molar-refractivity contribution in [2.24, 2.45) is 5.14 Å². The molecule has 11 nitrogen and oxygen atoms in total. The molecule has 0 bridgehead atoms. The van der Waals surface area contributed by atoms with E-state index in [-0.39, 0.29) is 27.8 Å². The predicted octanol–water partition coefficient (Wildman–Crippen LogP) is 2.80. The van der Waals surface area contributed by atoms with Gasteiger partial charge < -0.3 is 4.74 Å². The zero-order valence-corrected chi connectivity index (χ0v) is 19.5. The number of nitro benzene ring substituents is 1. The van der Waals surface area contributed by atoms with Crippen molar-refractivity contribution >= 4 is 43.5 Å². The summed E-state index contributed by atoms with van der Waals surface area (Å²) in [6.45, 7) is -0.152. The summed E-state index contributed by atoms with van der Waals surface area (Å²) < 4.78 is 55.4. The van der Waals surface area contributed by atoms with Crippen LogP contribution in [-0.4, -0.2) is 27.7 Å². The molecular formula is C22H19N3O8S2. The molecule has 182 valence electrons. The molecule has 0 amide bonds. The Labute approximate surface area is 201 Å². The summed E-state index contributed by atoms with van der Waals surface area (Å²) >= 11 is 0. The maximum atomic E-state index is 12.6. The van der Waals surface area contributed by atoms with Crippen LogP contribution in [0.2, 0.25) is 0 Å². The first-order valence-corrected chi connectivity index (χ1v) is 12.8. The molecule has 0 heterocycles. The fourth-order valence-corrected chi connectivity index (χ4v) is 4.44. The van der Waals surface area contributed by atoms with Gasteiger partial charge in [0.25, 0.3) is 15.7 Å². The highest BCUT2D eigenvalue weighted by molar-refractivity contribution is 7.92. The van der Waals surface area contributed by atoms with E-state index in [9.17, 15) is 31.7 Å². The predicted molar refractivity (Wildman–Crippen MR) is 127 cm³/mol. The lowest BCUT2D eigenvalue weighted by Gasteiger charge is -2.09. The molecule has 0 aromatic heterocycles. The third-order valence-electron chi connectivity index (χ3n) is 4.52. The first-order valence-electron chi connectivity index (χ1n) is 9.78. The molecule has 35 heavy (non-hydrogen) atoms. The van der Waals surface area contributed by atoms with Gasteiger partial charge >= 0.3 is 5.97 Å². The standard InChI is InChI=1S/C22H19N3O8S2/c23-34(29,30)21-6-2-4-18(14-21)24-35(31,32)20-10-7-16(8-11-20)9-12-22(26)33-15-17-3-1-5-19(13-17)25(27)28/h1-14,24H,15H2,(H2,23,29,30)/b12-9+. The smallest absolute Gasteiger partial charge is 0.331 e. The topological polar surface area (TPSA) is 176 Å². The average Bonchev–Trinajstić information content (AvgIpc) is 2.81. The molecule has 0 aliphatic heterocycles. The van der Waals surface area contributed by atoms with Crippen LogP contribution in [0.4, 0.5) is 11.4 Å². The Bertz CT molecular complexity index is 1500. The summed E-state index contributed by atoms with van der Waals surface area (Å²) in [7, 11) is -8.02. The van der Waals surface area contributed by atoms with Crippen molar-refractivity contribution in [3.63, 3.8) is 0 Å². The minimum absolute atomic E-state index is 0.0204. The number of hydrogen-bond acceptors (Lipinski definition) is 8. The number of nitrogens with zero attached hydrogens (tertiary/aromatic N) is 1. The molecule has 0 unspecified atom stereocenters. The minimum atomic E-state index is -4.02. The second kappa shape index (κ2) is 10.5. The quantitative estimate of drug-likeness (QED) is 0.188. The Balaban J connectivity index is 1.62. The van der Waals surface area contributed by atoms with Gasteiger partial charge in [-0.1, -0.05) is 30.3 Å². The van der Waals surface area contributed by atoms with Crippen LogP contribution in [0, 0.1) is 10.1 Å². The molecule has 0 saturated carbocycles. The molecule has 0 atom stereocenters. The van der Waals surface area contributed by atoms with Gasteiger partial charge in [-0.15, -0.1) is 0 Å². The Morgan fingerprint density at radius 2 is 1.66 bits per heavy atom. The second-order valence-corrected chi connectivity index (χ2v) is 10.4. The van der Waals surface area contributed by atoms with Crippen LogP contribution in [0.1, 0.15) is 11.1 Å². The first kappa shape index (κ1) is 25.6. The number of rotatable bonds is 9. The molecular weight excluding hydrogens is 498 g/mol. The summed E-state index contributed by atoms with van der Waals surface area (Å²) in [4.78, 5) is 21.8. The molecule has 0 aliphatic rings. The summed E-state index contributed by atoms with van der Waals surface area (Å²) in [6.07, 6.45) is 2.55. The number of carbonyl (C=O) groups is 1. The summed E-state index contributed by atoms with van der Waals surface area (Å²) in [5.41, 5.74) is 0.868. The highest BCUT2D eigenvalue weighted by atomic mass is 32.2. The average molecular weight is 518 g/mol. The Morgan fingerprint density at radius 3 is 2.31 bits per heavy atom. The van der Waals surface area contributed by atoms with Crippen LogP contribution in [-0.2, 0) is 36.2 Å². The summed E-state index contributed by atoms with van der Waals surface area (Å²) in [6, 6.07) is 16.3. The maximum Gasteiger partial charge on any atom is 0.331 e. The minimum Gasteiger partial charge on any atom is -0.458 e. The fourth-order valence-electron chi connectivity index (χ4n) is 2.84. The van der Waals surface area contributed by atoms with Gasteiger partial charge in [0, 0.05) is 18.2 Å². The highest BCUT2D eigenvalue weighted by Gasteiger charge is 2.16. The molecule has 13 heteroatoms. The third-order valence-corrected chi connectivity index (χ3v) is 6.83. The molecule has 0 saturated heterocycles. The van der Waals surface area contributed by atoms with E-state index in [0.717, 1.165) is 12.1 Å². The number of primary sulfonamides is 1. The normalized spacial score (nSPS) is 11.8. The van der Waals surface area contributed by atoms with Crippen LogP contribution in [0.15, 0.2) is 88.7 Å². The van der Waals surface area contributed by atoms with E-state index in [2.05, 4.69) is 4.72 Å². The summed E-state index contributed by atoms with van der Waals surface area (Å²) in [5.74, 6) is -0.690. The maximum absolute atomic E-state index is 12.6. The van der Waals surface area contributed by atoms with Gasteiger partial charge in [-0.3, -0.25) is 14.8 Å². The van der Waals surface area contributed by atoms with Crippen LogP contribution in [0.3, 0.4) is 0 Å². The monoisotopic (exact) mass is 517 g/mol. The molecule has 0 aliphatic carbocycles. The van der Waals surface area contributed by atoms with Crippen molar-refractivity contribution in [2.75, 3.05) is 4.72 Å². The van der Waals surface area contributed by atoms with Crippen molar-refractivity contribution in [2.45, 2.75) is 16.4 Å². The number of sulfonamides is 2. The number of non-ortho nitro benzene ring substituents is 1. The van der Waals surface area contributed by atoms with Gasteiger partial charge in [-0.05, 0) is 47.5 Å². The van der Waals surface area contributed by atoms with E-state index >= 15 is 0 Å². The molecule has 3 N–H and O–H groups in total. The Morgan fingerprint density at radius 1 is 0.971 bits per heavy atom. The number of anilines is 1. The summed E-state index contributed by atoms with van der Waals surface area (Å²) in [5, 5.41) is 15.9. The first-order chi connectivity index (χ1) is 16.4. The van der Waals surface area contributed by atoms with E-state index in [1.54, 1.807) is 6.07 Å². The van der Waals surface area contributed by atoms with Crippen LogP contribution >= 0.6 is 0 Å². The van der Waals surface area contributed by atoms with E-state index < -0.39 is 30.9 Å². The zero-order chi connectivity index (χ0) is 25.6. The van der Waals surface area contributed by atoms with Crippen molar-refractivity contribution in [1.29, 1.82) is 0 Å². The van der Waals surface area contributed by atoms with Crippen LogP contribution in [0.5, 0.6) is 0 Å². The molecule has 0 spiro atoms. The number of nitrogens with one attached hydrogen (secondary N) is 1. The molecule has 3 aromatic carbocycles. The van der Waals surface area contributed by atoms with Crippen LogP contribution < -0.4 is 9.86 Å². The number of esters is 1. The molecule has 0 fully saturated rings. The van der Waals surface area contributed by atoms with Gasteiger partial charge in [-0.2, -0.15) is 0 Å². The molecule has 3 rings (SSSR count). The number of nitro groups is 1. The number of benzene rings is 3. The zero-order valence-electron chi connectivity index (χ0n) is 17.9. The van der Waals surface area contributed by atoms with Gasteiger partial charge in [0.2, 0.25) is 10.0 Å². The van der Waals surface area contributed by atoms with Gasteiger partial charge in [0.15, 0.2) is 0 Å². The van der Waals surface area contributed by atoms with Crippen molar-refractivity contribution in [3.05, 3.63) is 100 Å². The van der Waals surface area contributed by atoms with Gasteiger partial charge in [0.05, 0.1) is 20.4 Å². The molecule has 0 radical (unpaired) electrons. The van der Waals surface area contributed by atoms with Crippen molar-refractivity contribution in [1.82, 2.24) is 0 Å². The third kappa shape index (κ3) is 7.20. The number of hydrogen-bond donors (Lipinski definition) is 2. The Hall–Kier alpha value is -4.07. The Kier molecular flexibility index (Phi) is 7.64. The molecule has 3 aromatic rings. The van der Waals surface area contributed by atoms with Gasteiger partial charge in [0.1, 0.15) is 6.61 Å². The van der Waals surface area contributed by atoms with E-state index in [1.165, 1.54) is 66.7 Å². The lowest BCUT2D eigenvalue weighted by Crippen LogP contribution is -2.15. The van der Waals surface area contributed by atoms with E-state index in [0.29, 0.717) is 11.1 Å². The lowest BCUT2D eigenvalue weighted by molar-refractivity contribution is -0.384. The van der Waals surface area contributed by atoms with Crippen molar-refractivity contribution < 1.29 is 31.3 Å². The second-order valence-electron chi connectivity index (χ2n) is 7.12.